The maximum Gasteiger partial charge on any atom is 0.349 e. The molecule has 0 saturated heterocycles. The Labute approximate surface area is 174 Å². The van der Waals surface area contributed by atoms with Crippen LogP contribution in [0, 0.1) is 17.1 Å². The second-order valence-corrected chi connectivity index (χ2v) is 5.80. The zero-order valence-corrected chi connectivity index (χ0v) is 14.7. The smallest absolute Gasteiger partial charge is 0.349 e. The molecule has 2 heterocycles. The summed E-state index contributed by atoms with van der Waals surface area (Å²) in [6.07, 6.45) is 0. The standard InChI is InChI=1S/C17H12ClFN6O4/c1-7(2)9-5-13(26)22-23-16(9)29-14-10(18)3-8(4-11(14)19)25-17(28)21-15(27)12(6-20)24-25/h3-5,7H,1-2H3,(H,22,26)(H,21,27,28)/i1D3,2D3. The van der Waals surface area contributed by atoms with E-state index in [0.717, 1.165) is 6.07 Å². The molecule has 12 heteroatoms. The van der Waals surface area contributed by atoms with Crippen molar-refractivity contribution in [3.63, 3.8) is 0 Å². The highest BCUT2D eigenvalue weighted by molar-refractivity contribution is 6.32. The van der Waals surface area contributed by atoms with Crippen LogP contribution in [0.25, 0.3) is 5.69 Å². The van der Waals surface area contributed by atoms with Crippen LogP contribution in [0.4, 0.5) is 4.39 Å². The lowest BCUT2D eigenvalue weighted by atomic mass is 10.1. The molecule has 2 N–H and O–H groups in total. The average molecular weight is 425 g/mol. The molecule has 148 valence electrons. The van der Waals surface area contributed by atoms with Gasteiger partial charge in [0.05, 0.1) is 10.7 Å². The van der Waals surface area contributed by atoms with Gasteiger partial charge in [-0.1, -0.05) is 25.3 Å². The molecule has 1 aromatic carbocycles. The number of H-pyrrole nitrogens is 2. The van der Waals surface area contributed by atoms with Crippen LogP contribution in [0.2, 0.25) is 5.02 Å². The molecule has 0 unspecified atom stereocenters. The van der Waals surface area contributed by atoms with Crippen LogP contribution in [0.1, 0.15) is 39.1 Å². The molecule has 0 bridgehead atoms. The molecule has 29 heavy (non-hydrogen) atoms. The second-order valence-electron chi connectivity index (χ2n) is 5.40. The van der Waals surface area contributed by atoms with Gasteiger partial charge in [-0.15, -0.1) is 10.2 Å². The summed E-state index contributed by atoms with van der Waals surface area (Å²) in [5.74, 6) is -4.97. The summed E-state index contributed by atoms with van der Waals surface area (Å²) in [4.78, 5) is 37.1. The molecular formula is C17H12ClFN6O4. The minimum absolute atomic E-state index is 0.324. The molecule has 0 aliphatic carbocycles. The van der Waals surface area contributed by atoms with E-state index in [4.69, 9.17) is 29.8 Å². The van der Waals surface area contributed by atoms with E-state index < -0.39 is 70.2 Å². The number of benzene rings is 1. The third kappa shape index (κ3) is 3.92. The molecule has 0 fully saturated rings. The van der Waals surface area contributed by atoms with Gasteiger partial charge in [0.25, 0.3) is 11.1 Å². The zero-order chi connectivity index (χ0) is 26.3. The molecule has 0 saturated carbocycles. The second kappa shape index (κ2) is 7.69. The van der Waals surface area contributed by atoms with Crippen LogP contribution in [-0.2, 0) is 0 Å². The van der Waals surface area contributed by atoms with Crippen LogP contribution >= 0.6 is 11.6 Å². The van der Waals surface area contributed by atoms with Gasteiger partial charge in [0, 0.05) is 25.9 Å². The van der Waals surface area contributed by atoms with Crippen molar-refractivity contribution in [3.8, 4) is 23.4 Å². The van der Waals surface area contributed by atoms with Crippen molar-refractivity contribution in [1.29, 1.82) is 5.26 Å². The van der Waals surface area contributed by atoms with E-state index in [1.165, 1.54) is 6.07 Å². The number of nitriles is 1. The van der Waals surface area contributed by atoms with E-state index in [1.54, 1.807) is 0 Å². The Hall–Kier alpha value is -3.78. The zero-order valence-electron chi connectivity index (χ0n) is 20.0. The SMILES string of the molecule is [2H]C([2H])([2H])C(c1cc(=O)[nH]nc1Oc1c(F)cc(-n2nc(C#N)c(=O)[nH]c2=O)cc1Cl)C([2H])([2H])[2H]. The van der Waals surface area contributed by atoms with Crippen LogP contribution in [0.5, 0.6) is 11.6 Å². The van der Waals surface area contributed by atoms with Crippen molar-refractivity contribution < 1.29 is 17.4 Å². The number of nitrogens with one attached hydrogen (secondary N) is 2. The maximum atomic E-state index is 14.9. The van der Waals surface area contributed by atoms with Crippen LogP contribution in [-0.4, -0.2) is 25.0 Å². The van der Waals surface area contributed by atoms with Crippen molar-refractivity contribution in [2.24, 2.45) is 0 Å². The number of hydrogen-bond acceptors (Lipinski definition) is 7. The summed E-state index contributed by atoms with van der Waals surface area (Å²) in [6.45, 7) is -6.25. The van der Waals surface area contributed by atoms with Crippen LogP contribution in [0.3, 0.4) is 0 Å². The first kappa shape index (κ1) is 13.4. The average Bonchev–Trinajstić information content (AvgIpc) is 2.70. The third-order valence-corrected chi connectivity index (χ3v) is 3.75. The van der Waals surface area contributed by atoms with E-state index in [-0.39, 0.29) is 5.69 Å². The summed E-state index contributed by atoms with van der Waals surface area (Å²) in [7, 11) is 0. The van der Waals surface area contributed by atoms with Crippen molar-refractivity contribution >= 4 is 11.6 Å². The Bertz CT molecular complexity index is 1490. The van der Waals surface area contributed by atoms with Crippen molar-refractivity contribution in [3.05, 3.63) is 71.5 Å². The van der Waals surface area contributed by atoms with Crippen LogP contribution in [0.15, 0.2) is 32.6 Å². The van der Waals surface area contributed by atoms with Gasteiger partial charge >= 0.3 is 5.69 Å². The highest BCUT2D eigenvalue weighted by Crippen LogP contribution is 2.35. The van der Waals surface area contributed by atoms with Gasteiger partial charge in [0.2, 0.25) is 11.6 Å². The van der Waals surface area contributed by atoms with Crippen molar-refractivity contribution in [2.45, 2.75) is 19.6 Å². The molecule has 0 aliphatic rings. The number of aromatic amines is 2. The highest BCUT2D eigenvalue weighted by atomic mass is 35.5. The normalized spacial score (nSPS) is 14.7. The Morgan fingerprint density at radius 1 is 1.34 bits per heavy atom. The lowest BCUT2D eigenvalue weighted by Crippen LogP contribution is -2.33. The molecular weight excluding hydrogens is 407 g/mol. The lowest BCUT2D eigenvalue weighted by Gasteiger charge is -2.14. The van der Waals surface area contributed by atoms with Gasteiger partial charge in [-0.25, -0.2) is 14.3 Å². The number of hydrogen-bond donors (Lipinski definition) is 2. The molecule has 2 aromatic heterocycles. The van der Waals surface area contributed by atoms with Gasteiger partial charge in [-0.2, -0.15) is 9.94 Å². The van der Waals surface area contributed by atoms with Gasteiger partial charge in [-0.3, -0.25) is 14.6 Å². The van der Waals surface area contributed by atoms with Crippen molar-refractivity contribution in [2.75, 3.05) is 0 Å². The Kier molecular flexibility index (Phi) is 3.55. The van der Waals surface area contributed by atoms with E-state index in [2.05, 4.69) is 10.2 Å². The molecule has 0 amide bonds. The summed E-state index contributed by atoms with van der Waals surface area (Å²) in [5.41, 5.74) is -4.77. The topological polar surface area (TPSA) is 147 Å². The number of nitrogens with zero attached hydrogens (tertiary/aromatic N) is 4. The summed E-state index contributed by atoms with van der Waals surface area (Å²) < 4.78 is 66.3. The fourth-order valence-corrected chi connectivity index (χ4v) is 2.45. The first-order valence-electron chi connectivity index (χ1n) is 10.5. The minimum atomic E-state index is -3.12. The number of halogens is 2. The van der Waals surface area contributed by atoms with E-state index in [1.807, 2.05) is 10.1 Å². The minimum Gasteiger partial charge on any atom is -0.433 e. The first-order chi connectivity index (χ1) is 16.1. The number of ether oxygens (including phenoxy) is 1. The predicted octanol–water partition coefficient (Wildman–Crippen LogP) is 1.58. The summed E-state index contributed by atoms with van der Waals surface area (Å²) in [5, 5.41) is 17.4. The summed E-state index contributed by atoms with van der Waals surface area (Å²) in [6, 6.07) is 3.76. The molecule has 0 aliphatic heterocycles. The van der Waals surface area contributed by atoms with E-state index in [0.29, 0.717) is 16.8 Å². The van der Waals surface area contributed by atoms with Gasteiger partial charge in [-0.05, 0) is 12.0 Å². The highest BCUT2D eigenvalue weighted by Gasteiger charge is 2.19. The van der Waals surface area contributed by atoms with Crippen LogP contribution < -0.4 is 21.5 Å². The van der Waals surface area contributed by atoms with Crippen molar-refractivity contribution in [1.82, 2.24) is 25.0 Å². The lowest BCUT2D eigenvalue weighted by molar-refractivity contribution is 0.413. The Balaban J connectivity index is 2.14. The molecule has 3 aromatic rings. The third-order valence-electron chi connectivity index (χ3n) is 3.47. The predicted molar refractivity (Wildman–Crippen MR) is 99.2 cm³/mol. The summed E-state index contributed by atoms with van der Waals surface area (Å²) >= 11 is 6.07. The number of aromatic nitrogens is 5. The molecule has 3 rings (SSSR count). The van der Waals surface area contributed by atoms with E-state index in [9.17, 15) is 18.8 Å². The fraction of sp³-hybridized carbons (Fsp3) is 0.176. The fourth-order valence-electron chi connectivity index (χ4n) is 2.21. The van der Waals surface area contributed by atoms with Gasteiger partial charge < -0.3 is 4.74 Å². The van der Waals surface area contributed by atoms with Gasteiger partial charge in [0.1, 0.15) is 6.07 Å². The monoisotopic (exact) mass is 424 g/mol. The molecule has 0 atom stereocenters. The molecule has 0 radical (unpaired) electrons. The molecule has 0 spiro atoms. The number of rotatable bonds is 4. The van der Waals surface area contributed by atoms with Gasteiger partial charge in [0.15, 0.2) is 11.6 Å². The Morgan fingerprint density at radius 3 is 2.76 bits per heavy atom. The van der Waals surface area contributed by atoms with E-state index >= 15 is 0 Å². The maximum absolute atomic E-state index is 14.9. The first-order valence-corrected chi connectivity index (χ1v) is 7.92. The Morgan fingerprint density at radius 2 is 2.10 bits per heavy atom. The largest absolute Gasteiger partial charge is 0.433 e. The quantitative estimate of drug-likeness (QED) is 0.646. The molecule has 10 nitrogen and oxygen atoms in total.